The molecular weight excluding hydrogens is 356 g/mol. The summed E-state index contributed by atoms with van der Waals surface area (Å²) in [6, 6.07) is 16.6. The van der Waals surface area contributed by atoms with Crippen LogP contribution >= 0.6 is 0 Å². The summed E-state index contributed by atoms with van der Waals surface area (Å²) in [5.74, 6) is 1.29. The van der Waals surface area contributed by atoms with E-state index in [0.717, 1.165) is 11.1 Å². The summed E-state index contributed by atoms with van der Waals surface area (Å²) in [5, 5.41) is 18.1. The third kappa shape index (κ3) is 4.24. The van der Waals surface area contributed by atoms with E-state index in [4.69, 9.17) is 4.42 Å². The second kappa shape index (κ2) is 8.17. The van der Waals surface area contributed by atoms with Crippen molar-refractivity contribution in [1.82, 2.24) is 20.5 Å². The van der Waals surface area contributed by atoms with E-state index >= 15 is 0 Å². The van der Waals surface area contributed by atoms with E-state index in [-0.39, 0.29) is 5.91 Å². The van der Waals surface area contributed by atoms with Crippen LogP contribution < -0.4 is 16.0 Å². The van der Waals surface area contributed by atoms with Gasteiger partial charge in [-0.15, -0.1) is 10.2 Å². The molecule has 0 atom stereocenters. The van der Waals surface area contributed by atoms with E-state index in [1.165, 1.54) is 0 Å². The fourth-order valence-corrected chi connectivity index (χ4v) is 2.63. The molecule has 1 amide bonds. The Morgan fingerprint density at radius 1 is 0.964 bits per heavy atom. The van der Waals surface area contributed by atoms with Crippen molar-refractivity contribution < 1.29 is 9.21 Å². The summed E-state index contributed by atoms with van der Waals surface area (Å²) in [7, 11) is 0. The number of amides is 1. The Balaban J connectivity index is 1.24. The van der Waals surface area contributed by atoms with Crippen LogP contribution in [0.5, 0.6) is 0 Å². The summed E-state index contributed by atoms with van der Waals surface area (Å²) in [4.78, 5) is 16.2. The maximum atomic E-state index is 12.2. The fraction of sp³-hybridized carbons (Fsp3) is 0.100. The van der Waals surface area contributed by atoms with Crippen LogP contribution in [0.3, 0.4) is 0 Å². The molecule has 8 heteroatoms. The molecule has 4 aromatic rings. The standard InChI is InChI=1S/C20H18N6O2/c27-20(17-12-14-4-1-2-6-16(14)28-17)23-11-10-22-18-7-8-19(26-25-18)24-15-5-3-9-21-13-15/h1-9,12-13H,10-11H2,(H,22,25)(H,23,27)(H,24,26). The van der Waals surface area contributed by atoms with Crippen LogP contribution in [0.1, 0.15) is 10.6 Å². The number of pyridine rings is 1. The van der Waals surface area contributed by atoms with E-state index in [2.05, 4.69) is 31.1 Å². The van der Waals surface area contributed by atoms with Crippen LogP contribution in [-0.4, -0.2) is 34.2 Å². The molecule has 1 aromatic carbocycles. The number of carbonyl (C=O) groups is 1. The molecule has 140 valence electrons. The largest absolute Gasteiger partial charge is 0.451 e. The summed E-state index contributed by atoms with van der Waals surface area (Å²) in [6.45, 7) is 0.934. The normalized spacial score (nSPS) is 10.6. The van der Waals surface area contributed by atoms with Crippen molar-refractivity contribution in [2.45, 2.75) is 0 Å². The average Bonchev–Trinajstić information content (AvgIpc) is 3.17. The van der Waals surface area contributed by atoms with Crippen molar-refractivity contribution in [3.05, 3.63) is 72.8 Å². The molecule has 0 aliphatic heterocycles. The molecule has 28 heavy (non-hydrogen) atoms. The SMILES string of the molecule is O=C(NCCNc1ccc(Nc2cccnc2)nn1)c1cc2ccccc2o1. The highest BCUT2D eigenvalue weighted by molar-refractivity contribution is 5.96. The number of carbonyl (C=O) groups excluding carboxylic acids is 1. The first kappa shape index (κ1) is 17.5. The van der Waals surface area contributed by atoms with Crippen molar-refractivity contribution in [2.75, 3.05) is 23.7 Å². The minimum absolute atomic E-state index is 0.250. The number of rotatable bonds is 7. The Bertz CT molecular complexity index is 1030. The number of anilines is 3. The van der Waals surface area contributed by atoms with Gasteiger partial charge in [0.1, 0.15) is 11.4 Å². The van der Waals surface area contributed by atoms with Gasteiger partial charge in [0.15, 0.2) is 11.6 Å². The number of hydrogen-bond donors (Lipinski definition) is 3. The molecule has 0 aliphatic rings. The van der Waals surface area contributed by atoms with Gasteiger partial charge in [-0.05, 0) is 36.4 Å². The van der Waals surface area contributed by atoms with Crippen LogP contribution in [-0.2, 0) is 0 Å². The van der Waals surface area contributed by atoms with Gasteiger partial charge in [0.2, 0.25) is 0 Å². The zero-order valence-corrected chi connectivity index (χ0v) is 14.9. The van der Waals surface area contributed by atoms with Crippen LogP contribution in [0, 0.1) is 0 Å². The molecular formula is C20H18N6O2. The minimum Gasteiger partial charge on any atom is -0.451 e. The number of nitrogens with one attached hydrogen (secondary N) is 3. The lowest BCUT2D eigenvalue weighted by Crippen LogP contribution is -2.28. The second-order valence-corrected chi connectivity index (χ2v) is 6.00. The highest BCUT2D eigenvalue weighted by atomic mass is 16.3. The van der Waals surface area contributed by atoms with Crippen molar-refractivity contribution >= 4 is 34.2 Å². The monoisotopic (exact) mass is 374 g/mol. The zero-order valence-electron chi connectivity index (χ0n) is 14.9. The van der Waals surface area contributed by atoms with Crippen molar-refractivity contribution in [2.24, 2.45) is 0 Å². The molecule has 0 radical (unpaired) electrons. The first-order valence-corrected chi connectivity index (χ1v) is 8.79. The van der Waals surface area contributed by atoms with Crippen LogP contribution in [0.15, 0.2) is 71.4 Å². The van der Waals surface area contributed by atoms with Gasteiger partial charge >= 0.3 is 0 Å². The van der Waals surface area contributed by atoms with Gasteiger partial charge in [-0.1, -0.05) is 18.2 Å². The van der Waals surface area contributed by atoms with Gasteiger partial charge in [0.05, 0.1) is 11.9 Å². The number of fused-ring (bicyclic) bond motifs is 1. The first-order valence-electron chi connectivity index (χ1n) is 8.79. The third-order valence-electron chi connectivity index (χ3n) is 3.96. The van der Waals surface area contributed by atoms with Gasteiger partial charge < -0.3 is 20.4 Å². The van der Waals surface area contributed by atoms with Crippen molar-refractivity contribution in [3.8, 4) is 0 Å². The molecule has 0 fully saturated rings. The Morgan fingerprint density at radius 3 is 2.61 bits per heavy atom. The summed E-state index contributed by atoms with van der Waals surface area (Å²) < 4.78 is 5.54. The third-order valence-corrected chi connectivity index (χ3v) is 3.96. The van der Waals surface area contributed by atoms with E-state index < -0.39 is 0 Å². The lowest BCUT2D eigenvalue weighted by Gasteiger charge is -2.07. The molecule has 3 heterocycles. The molecule has 8 nitrogen and oxygen atoms in total. The van der Waals surface area contributed by atoms with Crippen LogP contribution in [0.4, 0.5) is 17.3 Å². The summed E-state index contributed by atoms with van der Waals surface area (Å²) in [6.07, 6.45) is 3.41. The number of furan rings is 1. The average molecular weight is 374 g/mol. The van der Waals surface area contributed by atoms with E-state index in [1.807, 2.05) is 48.5 Å². The van der Waals surface area contributed by atoms with Gasteiger partial charge in [-0.3, -0.25) is 9.78 Å². The first-order chi connectivity index (χ1) is 13.8. The molecule has 3 N–H and O–H groups in total. The van der Waals surface area contributed by atoms with Crippen LogP contribution in [0.2, 0.25) is 0 Å². The van der Waals surface area contributed by atoms with Gasteiger partial charge in [-0.2, -0.15) is 0 Å². The van der Waals surface area contributed by atoms with E-state index in [9.17, 15) is 4.79 Å². The summed E-state index contributed by atoms with van der Waals surface area (Å²) in [5.41, 5.74) is 1.53. The lowest BCUT2D eigenvalue weighted by atomic mass is 10.2. The molecule has 0 unspecified atom stereocenters. The maximum absolute atomic E-state index is 12.2. The number of nitrogens with zero attached hydrogens (tertiary/aromatic N) is 3. The molecule has 3 aromatic heterocycles. The molecule has 0 aliphatic carbocycles. The molecule has 0 spiro atoms. The quantitative estimate of drug-likeness (QED) is 0.427. The Morgan fingerprint density at radius 2 is 1.82 bits per heavy atom. The van der Waals surface area contributed by atoms with Gasteiger partial charge in [0.25, 0.3) is 5.91 Å². The molecule has 0 saturated carbocycles. The topological polar surface area (TPSA) is 105 Å². The van der Waals surface area contributed by atoms with E-state index in [0.29, 0.717) is 36.1 Å². The predicted molar refractivity (Wildman–Crippen MR) is 107 cm³/mol. The predicted octanol–water partition coefficient (Wildman–Crippen LogP) is 3.20. The fourth-order valence-electron chi connectivity index (χ4n) is 2.63. The summed E-state index contributed by atoms with van der Waals surface area (Å²) >= 11 is 0. The van der Waals surface area contributed by atoms with Crippen LogP contribution in [0.25, 0.3) is 11.0 Å². The highest BCUT2D eigenvalue weighted by Gasteiger charge is 2.11. The smallest absolute Gasteiger partial charge is 0.287 e. The Hall–Kier alpha value is -3.94. The lowest BCUT2D eigenvalue weighted by molar-refractivity contribution is 0.0929. The Kier molecular flexibility index (Phi) is 5.10. The molecule has 0 bridgehead atoms. The van der Waals surface area contributed by atoms with Gasteiger partial charge in [0, 0.05) is 24.7 Å². The second-order valence-electron chi connectivity index (χ2n) is 6.00. The molecule has 0 saturated heterocycles. The number of benzene rings is 1. The number of aromatic nitrogens is 3. The highest BCUT2D eigenvalue weighted by Crippen LogP contribution is 2.18. The van der Waals surface area contributed by atoms with Crippen molar-refractivity contribution in [3.63, 3.8) is 0 Å². The number of para-hydroxylation sites is 1. The number of hydrogen-bond acceptors (Lipinski definition) is 7. The van der Waals surface area contributed by atoms with Gasteiger partial charge in [-0.25, -0.2) is 0 Å². The minimum atomic E-state index is -0.250. The maximum Gasteiger partial charge on any atom is 0.287 e. The molecule has 4 rings (SSSR count). The Labute approximate surface area is 161 Å². The van der Waals surface area contributed by atoms with Crippen molar-refractivity contribution in [1.29, 1.82) is 0 Å². The zero-order chi connectivity index (χ0) is 19.2. The van der Waals surface area contributed by atoms with E-state index in [1.54, 1.807) is 18.5 Å².